The van der Waals surface area contributed by atoms with Crippen LogP contribution >= 0.6 is 0 Å². The summed E-state index contributed by atoms with van der Waals surface area (Å²) in [6, 6.07) is 0. The number of aliphatic carboxylic acids is 1. The van der Waals surface area contributed by atoms with Crippen LogP contribution in [-0.4, -0.2) is 48.1 Å². The molecule has 18 heavy (non-hydrogen) atoms. The van der Waals surface area contributed by atoms with Crippen molar-refractivity contribution in [3.05, 3.63) is 0 Å². The number of rotatable bonds is 3. The number of carbonyl (C=O) groups is 2. The molecule has 0 aromatic heterocycles. The van der Waals surface area contributed by atoms with Gasteiger partial charge in [0.15, 0.2) is 0 Å². The second-order valence-corrected chi connectivity index (χ2v) is 5.90. The Bertz CT molecular complexity index is 363. The van der Waals surface area contributed by atoms with Crippen LogP contribution in [0.4, 0.5) is 0 Å². The summed E-state index contributed by atoms with van der Waals surface area (Å²) in [6.45, 7) is 6.30. The average Bonchev–Trinajstić information content (AvgIpc) is 2.96. The molecule has 0 aromatic carbocycles. The number of nitrogens with zero attached hydrogens (tertiary/aromatic N) is 1. The molecule has 2 rings (SSSR count). The molecule has 102 valence electrons. The van der Waals surface area contributed by atoms with Gasteiger partial charge < -0.3 is 15.3 Å². The number of likely N-dealkylation sites (tertiary alicyclic amines) is 1. The summed E-state index contributed by atoms with van der Waals surface area (Å²) < 4.78 is 0. The maximum absolute atomic E-state index is 12.6. The Kier molecular flexibility index (Phi) is 3.36. The third-order valence-electron chi connectivity index (χ3n) is 4.65. The molecule has 5 heteroatoms. The predicted octanol–water partition coefficient (Wildman–Crippen LogP) is 0.699. The lowest BCUT2D eigenvalue weighted by molar-refractivity contribution is -0.148. The fourth-order valence-electron chi connectivity index (χ4n) is 3.02. The van der Waals surface area contributed by atoms with Gasteiger partial charge in [0, 0.05) is 19.6 Å². The van der Waals surface area contributed by atoms with Gasteiger partial charge >= 0.3 is 5.97 Å². The fraction of sp³-hybridized carbons (Fsp3) is 0.846. The van der Waals surface area contributed by atoms with Crippen LogP contribution in [0.2, 0.25) is 0 Å². The van der Waals surface area contributed by atoms with Crippen molar-refractivity contribution in [2.75, 3.05) is 26.2 Å². The van der Waals surface area contributed by atoms with E-state index in [9.17, 15) is 14.7 Å². The molecule has 5 nitrogen and oxygen atoms in total. The Morgan fingerprint density at radius 2 is 2.11 bits per heavy atom. The van der Waals surface area contributed by atoms with Crippen LogP contribution in [0.1, 0.15) is 33.1 Å². The van der Waals surface area contributed by atoms with Gasteiger partial charge in [-0.1, -0.05) is 6.92 Å². The van der Waals surface area contributed by atoms with Crippen LogP contribution in [0, 0.1) is 10.8 Å². The van der Waals surface area contributed by atoms with Crippen molar-refractivity contribution in [2.45, 2.75) is 33.1 Å². The number of amides is 1. The molecule has 0 saturated carbocycles. The first kappa shape index (κ1) is 13.3. The van der Waals surface area contributed by atoms with E-state index < -0.39 is 11.4 Å². The predicted molar refractivity (Wildman–Crippen MR) is 67.2 cm³/mol. The van der Waals surface area contributed by atoms with Gasteiger partial charge in [0.05, 0.1) is 10.8 Å². The summed E-state index contributed by atoms with van der Waals surface area (Å²) in [5.74, 6) is -0.659. The van der Waals surface area contributed by atoms with Gasteiger partial charge in [-0.2, -0.15) is 0 Å². The molecular weight excluding hydrogens is 232 g/mol. The van der Waals surface area contributed by atoms with Gasteiger partial charge in [-0.3, -0.25) is 9.59 Å². The Morgan fingerprint density at radius 3 is 2.56 bits per heavy atom. The van der Waals surface area contributed by atoms with Gasteiger partial charge in [-0.25, -0.2) is 0 Å². The second-order valence-electron chi connectivity index (χ2n) is 5.90. The summed E-state index contributed by atoms with van der Waals surface area (Å²) in [5.41, 5.74) is -1.07. The van der Waals surface area contributed by atoms with E-state index in [2.05, 4.69) is 5.32 Å². The summed E-state index contributed by atoms with van der Waals surface area (Å²) in [6.07, 6.45) is 2.24. The van der Waals surface area contributed by atoms with Crippen LogP contribution in [0.3, 0.4) is 0 Å². The summed E-state index contributed by atoms with van der Waals surface area (Å²) in [4.78, 5) is 25.6. The number of nitrogens with one attached hydrogen (secondary N) is 1. The normalized spacial score (nSPS) is 36.0. The van der Waals surface area contributed by atoms with E-state index >= 15 is 0 Å². The van der Waals surface area contributed by atoms with E-state index in [1.54, 1.807) is 11.8 Å². The second kappa shape index (κ2) is 4.53. The van der Waals surface area contributed by atoms with Gasteiger partial charge in [0.25, 0.3) is 0 Å². The van der Waals surface area contributed by atoms with E-state index in [0.717, 1.165) is 25.9 Å². The van der Waals surface area contributed by atoms with Gasteiger partial charge in [-0.15, -0.1) is 0 Å². The van der Waals surface area contributed by atoms with Crippen molar-refractivity contribution < 1.29 is 14.7 Å². The summed E-state index contributed by atoms with van der Waals surface area (Å²) in [7, 11) is 0. The van der Waals surface area contributed by atoms with E-state index in [1.807, 2.05) is 6.92 Å². The topological polar surface area (TPSA) is 69.6 Å². The molecule has 2 atom stereocenters. The molecule has 2 heterocycles. The smallest absolute Gasteiger partial charge is 0.311 e. The SMILES string of the molecule is CCC1(C(=O)N2CCC(C)(C(=O)O)C2)CCNC1. The Morgan fingerprint density at radius 1 is 1.39 bits per heavy atom. The molecule has 2 aliphatic heterocycles. The van der Waals surface area contributed by atoms with E-state index in [4.69, 9.17) is 0 Å². The zero-order chi connectivity index (χ0) is 13.4. The first-order chi connectivity index (χ1) is 8.43. The first-order valence-electron chi connectivity index (χ1n) is 6.67. The fourth-order valence-corrected chi connectivity index (χ4v) is 3.02. The highest BCUT2D eigenvalue weighted by molar-refractivity contribution is 5.85. The van der Waals surface area contributed by atoms with Crippen LogP contribution in [-0.2, 0) is 9.59 Å². The monoisotopic (exact) mass is 254 g/mol. The minimum absolute atomic E-state index is 0.139. The molecule has 1 amide bonds. The van der Waals surface area contributed by atoms with E-state index in [-0.39, 0.29) is 11.3 Å². The van der Waals surface area contributed by atoms with Crippen molar-refractivity contribution in [1.29, 1.82) is 0 Å². The number of carboxylic acid groups (broad SMARTS) is 1. The lowest BCUT2D eigenvalue weighted by atomic mass is 9.82. The van der Waals surface area contributed by atoms with Crippen molar-refractivity contribution in [2.24, 2.45) is 10.8 Å². The van der Waals surface area contributed by atoms with Gasteiger partial charge in [-0.05, 0) is 32.7 Å². The Balaban J connectivity index is 2.10. The molecule has 2 saturated heterocycles. The lowest BCUT2D eigenvalue weighted by Gasteiger charge is -2.31. The molecule has 0 radical (unpaired) electrons. The molecule has 2 aliphatic rings. The maximum Gasteiger partial charge on any atom is 0.311 e. The van der Waals surface area contributed by atoms with Gasteiger partial charge in [0.2, 0.25) is 5.91 Å². The van der Waals surface area contributed by atoms with Crippen LogP contribution in [0.5, 0.6) is 0 Å². The highest BCUT2D eigenvalue weighted by atomic mass is 16.4. The molecule has 0 bridgehead atoms. The third-order valence-corrected chi connectivity index (χ3v) is 4.65. The largest absolute Gasteiger partial charge is 0.481 e. The lowest BCUT2D eigenvalue weighted by Crippen LogP contribution is -2.45. The molecule has 2 N–H and O–H groups in total. The Hall–Kier alpha value is -1.10. The van der Waals surface area contributed by atoms with Crippen LogP contribution in [0.15, 0.2) is 0 Å². The summed E-state index contributed by atoms with van der Waals surface area (Å²) >= 11 is 0. The van der Waals surface area contributed by atoms with Crippen molar-refractivity contribution in [3.63, 3.8) is 0 Å². The Labute approximate surface area is 108 Å². The zero-order valence-corrected chi connectivity index (χ0v) is 11.2. The van der Waals surface area contributed by atoms with Crippen LogP contribution in [0.25, 0.3) is 0 Å². The minimum Gasteiger partial charge on any atom is -0.481 e. The molecule has 0 aliphatic carbocycles. The van der Waals surface area contributed by atoms with Crippen molar-refractivity contribution >= 4 is 11.9 Å². The van der Waals surface area contributed by atoms with Gasteiger partial charge in [0.1, 0.15) is 0 Å². The number of hydrogen-bond acceptors (Lipinski definition) is 3. The van der Waals surface area contributed by atoms with E-state index in [0.29, 0.717) is 19.5 Å². The van der Waals surface area contributed by atoms with Crippen molar-refractivity contribution in [3.8, 4) is 0 Å². The van der Waals surface area contributed by atoms with Crippen LogP contribution < -0.4 is 5.32 Å². The number of carboxylic acids is 1. The highest BCUT2D eigenvalue weighted by Crippen LogP contribution is 2.37. The average molecular weight is 254 g/mol. The third kappa shape index (κ3) is 2.00. The van der Waals surface area contributed by atoms with E-state index in [1.165, 1.54) is 0 Å². The number of carbonyl (C=O) groups excluding carboxylic acids is 1. The van der Waals surface area contributed by atoms with Crippen molar-refractivity contribution in [1.82, 2.24) is 10.2 Å². The minimum atomic E-state index is -0.798. The molecule has 0 aromatic rings. The standard InChI is InChI=1S/C13H22N2O3/c1-3-13(4-6-14-8-13)10(16)15-7-5-12(2,9-15)11(17)18/h14H,3-9H2,1-2H3,(H,17,18). The zero-order valence-electron chi connectivity index (χ0n) is 11.2. The molecular formula is C13H22N2O3. The molecule has 2 fully saturated rings. The quantitative estimate of drug-likeness (QED) is 0.778. The summed E-state index contributed by atoms with van der Waals surface area (Å²) in [5, 5.41) is 12.5. The molecule has 2 unspecified atom stereocenters. The first-order valence-corrected chi connectivity index (χ1v) is 6.67. The maximum atomic E-state index is 12.6. The number of hydrogen-bond donors (Lipinski definition) is 2. The molecule has 0 spiro atoms. The highest BCUT2D eigenvalue weighted by Gasteiger charge is 2.48.